The number of benzene rings is 2. The summed E-state index contributed by atoms with van der Waals surface area (Å²) in [6.07, 6.45) is 0. The first kappa shape index (κ1) is 22.3. The molecule has 0 spiro atoms. The van der Waals surface area contributed by atoms with E-state index in [1.165, 1.54) is 24.3 Å². The van der Waals surface area contributed by atoms with Crippen LogP contribution in [0.15, 0.2) is 70.0 Å². The van der Waals surface area contributed by atoms with Crippen LogP contribution in [0.4, 0.5) is 5.69 Å². The number of carbonyl (C=O) groups is 1. The van der Waals surface area contributed by atoms with Gasteiger partial charge in [0.15, 0.2) is 15.6 Å². The van der Waals surface area contributed by atoms with E-state index in [9.17, 15) is 13.2 Å². The summed E-state index contributed by atoms with van der Waals surface area (Å²) in [5, 5.41) is 2.79. The zero-order valence-electron chi connectivity index (χ0n) is 18.4. The third-order valence-electron chi connectivity index (χ3n) is 5.59. The van der Waals surface area contributed by atoms with E-state index in [4.69, 9.17) is 9.15 Å². The number of anilines is 1. The van der Waals surface area contributed by atoms with Crippen molar-refractivity contribution < 1.29 is 22.4 Å². The van der Waals surface area contributed by atoms with Crippen molar-refractivity contribution in [3.05, 3.63) is 78.0 Å². The van der Waals surface area contributed by atoms with E-state index in [0.717, 1.165) is 43.2 Å². The molecular formula is C24H24N4O5S. The Bertz CT molecular complexity index is 1410. The number of hydrogen-bond donors (Lipinski definition) is 2. The fourth-order valence-corrected chi connectivity index (χ4v) is 5.12. The molecule has 2 aromatic heterocycles. The molecule has 9 nitrogen and oxygen atoms in total. The van der Waals surface area contributed by atoms with Crippen LogP contribution in [0, 0.1) is 0 Å². The number of aromatic amines is 1. The van der Waals surface area contributed by atoms with E-state index in [1.54, 1.807) is 24.3 Å². The van der Waals surface area contributed by atoms with Gasteiger partial charge in [-0.1, -0.05) is 18.2 Å². The smallest absolute Gasteiger partial charge is 0.291 e. The summed E-state index contributed by atoms with van der Waals surface area (Å²) >= 11 is 0. The number of fused-ring (bicyclic) bond motifs is 1. The van der Waals surface area contributed by atoms with Crippen LogP contribution < -0.4 is 5.32 Å². The van der Waals surface area contributed by atoms with Crippen LogP contribution in [0.5, 0.6) is 0 Å². The summed E-state index contributed by atoms with van der Waals surface area (Å²) in [5.74, 6) is 0.309. The predicted molar refractivity (Wildman–Crippen MR) is 126 cm³/mol. The first-order valence-corrected chi connectivity index (χ1v) is 12.6. The molecule has 1 aliphatic rings. The average molecular weight is 481 g/mol. The molecule has 176 valence electrons. The molecule has 0 atom stereocenters. The Kier molecular flexibility index (Phi) is 6.18. The lowest BCUT2D eigenvalue weighted by molar-refractivity contribution is 0.0332. The summed E-state index contributed by atoms with van der Waals surface area (Å²) in [6.45, 7) is 3.90. The maximum absolute atomic E-state index is 12.7. The number of amides is 1. The largest absolute Gasteiger partial charge is 0.455 e. The zero-order valence-corrected chi connectivity index (χ0v) is 19.2. The second-order valence-electron chi connectivity index (χ2n) is 8.10. The minimum Gasteiger partial charge on any atom is -0.455 e. The molecule has 1 saturated heterocycles. The molecule has 2 aromatic carbocycles. The molecule has 5 rings (SSSR count). The monoisotopic (exact) mass is 480 g/mol. The van der Waals surface area contributed by atoms with Gasteiger partial charge in [-0.3, -0.25) is 9.69 Å². The molecule has 0 radical (unpaired) electrons. The van der Waals surface area contributed by atoms with E-state index in [1.807, 2.05) is 12.1 Å². The summed E-state index contributed by atoms with van der Waals surface area (Å²) in [5.41, 5.74) is 2.21. The normalized spacial score (nSPS) is 14.9. The standard InChI is InChI=1S/C24H24N4O5S/c29-24(22-9-7-18(33-22)16-34(30,31)19-4-2-1-3-5-19)25-17-6-8-20-21(14-17)27-23(26-20)15-28-10-12-32-13-11-28/h1-9,14H,10-13,15-16H2,(H,25,29)(H,26,27). The number of rotatable bonds is 7. The number of ether oxygens (including phenoxy) is 1. The van der Waals surface area contributed by atoms with E-state index in [0.29, 0.717) is 12.2 Å². The van der Waals surface area contributed by atoms with E-state index >= 15 is 0 Å². The van der Waals surface area contributed by atoms with Crippen molar-refractivity contribution in [1.82, 2.24) is 14.9 Å². The number of aromatic nitrogens is 2. The Labute approximate surface area is 196 Å². The highest BCUT2D eigenvalue weighted by molar-refractivity contribution is 7.90. The van der Waals surface area contributed by atoms with Crippen LogP contribution in [0.2, 0.25) is 0 Å². The summed E-state index contributed by atoms with van der Waals surface area (Å²) in [7, 11) is -3.56. The molecule has 0 unspecified atom stereocenters. The maximum atomic E-state index is 12.7. The summed E-state index contributed by atoms with van der Waals surface area (Å²) in [6, 6.07) is 16.5. The molecule has 10 heteroatoms. The molecule has 1 fully saturated rings. The van der Waals surface area contributed by atoms with Gasteiger partial charge in [0.2, 0.25) is 0 Å². The van der Waals surface area contributed by atoms with Gasteiger partial charge < -0.3 is 19.5 Å². The van der Waals surface area contributed by atoms with Crippen LogP contribution in [0.25, 0.3) is 11.0 Å². The second kappa shape index (κ2) is 9.41. The Balaban J connectivity index is 1.25. The highest BCUT2D eigenvalue weighted by Gasteiger charge is 2.19. The van der Waals surface area contributed by atoms with Gasteiger partial charge in [-0.2, -0.15) is 0 Å². The van der Waals surface area contributed by atoms with Gasteiger partial charge in [0, 0.05) is 18.8 Å². The number of furan rings is 1. The number of H-pyrrole nitrogens is 1. The number of morpholine rings is 1. The van der Waals surface area contributed by atoms with Crippen molar-refractivity contribution >= 4 is 32.5 Å². The van der Waals surface area contributed by atoms with Gasteiger partial charge in [0.25, 0.3) is 5.91 Å². The molecule has 1 aliphatic heterocycles. The number of sulfone groups is 1. The van der Waals surface area contributed by atoms with Gasteiger partial charge >= 0.3 is 0 Å². The van der Waals surface area contributed by atoms with E-state index < -0.39 is 15.7 Å². The Hall–Kier alpha value is -3.47. The SMILES string of the molecule is O=C(Nc1ccc2nc(CN3CCOCC3)[nH]c2c1)c1ccc(CS(=O)(=O)c2ccccc2)o1. The molecule has 3 heterocycles. The Morgan fingerprint density at radius 2 is 1.85 bits per heavy atom. The van der Waals surface area contributed by atoms with Crippen molar-refractivity contribution in [2.45, 2.75) is 17.2 Å². The quantitative estimate of drug-likeness (QED) is 0.417. The lowest BCUT2D eigenvalue weighted by atomic mass is 10.2. The summed E-state index contributed by atoms with van der Waals surface area (Å²) < 4.78 is 36.0. The average Bonchev–Trinajstić information content (AvgIpc) is 3.46. The number of nitrogens with zero attached hydrogens (tertiary/aromatic N) is 2. The third kappa shape index (κ3) is 5.04. The van der Waals surface area contributed by atoms with Crippen LogP contribution in [-0.2, 0) is 26.9 Å². The number of nitrogens with one attached hydrogen (secondary N) is 2. The molecular weight excluding hydrogens is 456 g/mol. The number of imidazole rings is 1. The van der Waals surface area contributed by atoms with Crippen molar-refractivity contribution in [2.75, 3.05) is 31.6 Å². The molecule has 1 amide bonds. The first-order chi connectivity index (χ1) is 16.5. The highest BCUT2D eigenvalue weighted by atomic mass is 32.2. The number of carbonyl (C=O) groups excluding carboxylic acids is 1. The van der Waals surface area contributed by atoms with Gasteiger partial charge in [-0.05, 0) is 42.5 Å². The maximum Gasteiger partial charge on any atom is 0.291 e. The highest BCUT2D eigenvalue weighted by Crippen LogP contribution is 2.21. The van der Waals surface area contributed by atoms with Gasteiger partial charge in [-0.15, -0.1) is 0 Å². The van der Waals surface area contributed by atoms with Crippen molar-refractivity contribution in [3.63, 3.8) is 0 Å². The van der Waals surface area contributed by atoms with Crippen molar-refractivity contribution in [3.8, 4) is 0 Å². The van der Waals surface area contributed by atoms with Gasteiger partial charge in [0.05, 0.1) is 35.7 Å². The second-order valence-corrected chi connectivity index (χ2v) is 10.1. The Morgan fingerprint density at radius 1 is 1.06 bits per heavy atom. The molecule has 2 N–H and O–H groups in total. The first-order valence-electron chi connectivity index (χ1n) is 10.9. The van der Waals surface area contributed by atoms with Gasteiger partial charge in [-0.25, -0.2) is 13.4 Å². The van der Waals surface area contributed by atoms with Crippen LogP contribution in [-0.4, -0.2) is 55.5 Å². The minimum absolute atomic E-state index is 0.0379. The van der Waals surface area contributed by atoms with E-state index in [-0.39, 0.29) is 22.2 Å². The fraction of sp³-hybridized carbons (Fsp3) is 0.250. The molecule has 34 heavy (non-hydrogen) atoms. The topological polar surface area (TPSA) is 118 Å². The zero-order chi connectivity index (χ0) is 23.5. The number of hydrogen-bond acceptors (Lipinski definition) is 7. The molecule has 0 bridgehead atoms. The lowest BCUT2D eigenvalue weighted by Crippen LogP contribution is -2.35. The van der Waals surface area contributed by atoms with Crippen molar-refractivity contribution in [1.29, 1.82) is 0 Å². The van der Waals surface area contributed by atoms with Crippen LogP contribution in [0.3, 0.4) is 0 Å². The Morgan fingerprint density at radius 3 is 2.65 bits per heavy atom. The van der Waals surface area contributed by atoms with Crippen LogP contribution >= 0.6 is 0 Å². The predicted octanol–water partition coefficient (Wildman–Crippen LogP) is 3.21. The van der Waals surface area contributed by atoms with E-state index in [2.05, 4.69) is 20.2 Å². The van der Waals surface area contributed by atoms with Crippen molar-refractivity contribution in [2.24, 2.45) is 0 Å². The van der Waals surface area contributed by atoms with Crippen LogP contribution in [0.1, 0.15) is 22.1 Å². The fourth-order valence-electron chi connectivity index (χ4n) is 3.85. The molecule has 0 saturated carbocycles. The van der Waals surface area contributed by atoms with Gasteiger partial charge in [0.1, 0.15) is 17.3 Å². The minimum atomic E-state index is -3.56. The lowest BCUT2D eigenvalue weighted by Gasteiger charge is -2.25. The third-order valence-corrected chi connectivity index (χ3v) is 7.24. The molecule has 4 aromatic rings. The summed E-state index contributed by atoms with van der Waals surface area (Å²) in [4.78, 5) is 23.1. The molecule has 0 aliphatic carbocycles.